The van der Waals surface area contributed by atoms with Crippen LogP contribution in [0, 0.1) is 0 Å². The molecule has 140 valence electrons. The average Bonchev–Trinajstić information content (AvgIpc) is 3.21. The van der Waals surface area contributed by atoms with E-state index in [2.05, 4.69) is 118 Å². The molecule has 0 radical (unpaired) electrons. The predicted molar refractivity (Wildman–Crippen MR) is 128 cm³/mol. The summed E-state index contributed by atoms with van der Waals surface area (Å²) < 4.78 is 5.80. The van der Waals surface area contributed by atoms with E-state index in [9.17, 15) is 0 Å². The van der Waals surface area contributed by atoms with Gasteiger partial charge in [0, 0.05) is 51.1 Å². The molecule has 2 heterocycles. The largest absolute Gasteiger partial charge is 0.344 e. The van der Waals surface area contributed by atoms with Crippen molar-refractivity contribution in [3.8, 4) is 11.1 Å². The lowest BCUT2D eigenvalue weighted by atomic mass is 9.97. The molecule has 0 bridgehead atoms. The van der Waals surface area contributed by atoms with Gasteiger partial charge in [0.2, 0.25) is 0 Å². The van der Waals surface area contributed by atoms with Gasteiger partial charge < -0.3 is 9.13 Å². The van der Waals surface area contributed by atoms with Crippen molar-refractivity contribution in [3.63, 3.8) is 0 Å². The molecule has 3 heteroatoms. The van der Waals surface area contributed by atoms with Crippen LogP contribution in [-0.2, 0) is 14.1 Å². The van der Waals surface area contributed by atoms with Gasteiger partial charge in [-0.05, 0) is 35.4 Å². The maximum atomic E-state index is 3.79. The Bertz CT molecular complexity index is 1580. The van der Waals surface area contributed by atoms with E-state index in [1.165, 1.54) is 54.7 Å². The SMILES string of the molecule is Cn1c2ccccc2c2c1cc(-c1ccccc1Br)c1c3ccccc3n(C)c12. The fourth-order valence-electron chi connectivity index (χ4n) is 4.89. The Hall–Kier alpha value is -3.04. The Morgan fingerprint density at radius 1 is 0.586 bits per heavy atom. The molecule has 29 heavy (non-hydrogen) atoms. The third kappa shape index (κ3) is 2.16. The van der Waals surface area contributed by atoms with E-state index in [4.69, 9.17) is 0 Å². The average molecular weight is 439 g/mol. The van der Waals surface area contributed by atoms with E-state index in [0.717, 1.165) is 4.47 Å². The second-order valence-electron chi connectivity index (χ2n) is 7.67. The molecular weight excluding hydrogens is 420 g/mol. The third-order valence-corrected chi connectivity index (χ3v) is 6.90. The van der Waals surface area contributed by atoms with Crippen molar-refractivity contribution in [2.24, 2.45) is 14.1 Å². The Kier molecular flexibility index (Phi) is 3.48. The fourth-order valence-corrected chi connectivity index (χ4v) is 5.39. The summed E-state index contributed by atoms with van der Waals surface area (Å²) in [7, 11) is 4.36. The maximum Gasteiger partial charge on any atom is 0.0596 e. The summed E-state index contributed by atoms with van der Waals surface area (Å²) in [4.78, 5) is 0. The van der Waals surface area contributed by atoms with Gasteiger partial charge in [-0.15, -0.1) is 0 Å². The van der Waals surface area contributed by atoms with Gasteiger partial charge in [-0.25, -0.2) is 0 Å². The zero-order valence-electron chi connectivity index (χ0n) is 16.3. The van der Waals surface area contributed by atoms with Crippen molar-refractivity contribution in [1.29, 1.82) is 0 Å². The summed E-state index contributed by atoms with van der Waals surface area (Å²) in [5.74, 6) is 0. The molecule has 0 unspecified atom stereocenters. The first-order chi connectivity index (χ1) is 14.2. The summed E-state index contributed by atoms with van der Waals surface area (Å²) in [6.07, 6.45) is 0. The second-order valence-corrected chi connectivity index (χ2v) is 8.53. The number of hydrogen-bond acceptors (Lipinski definition) is 0. The minimum atomic E-state index is 1.12. The van der Waals surface area contributed by atoms with Crippen molar-refractivity contribution < 1.29 is 0 Å². The summed E-state index contributed by atoms with van der Waals surface area (Å²) in [5.41, 5.74) is 7.57. The summed E-state index contributed by atoms with van der Waals surface area (Å²) in [5, 5.41) is 5.25. The van der Waals surface area contributed by atoms with E-state index in [1.807, 2.05) is 0 Å². The van der Waals surface area contributed by atoms with E-state index in [-0.39, 0.29) is 0 Å². The van der Waals surface area contributed by atoms with Gasteiger partial charge in [0.05, 0.1) is 11.0 Å². The van der Waals surface area contributed by atoms with Gasteiger partial charge in [-0.1, -0.05) is 70.5 Å². The minimum absolute atomic E-state index is 1.12. The molecule has 4 aromatic carbocycles. The molecular formula is C26H19BrN2. The monoisotopic (exact) mass is 438 g/mol. The number of hydrogen-bond donors (Lipinski definition) is 0. The quantitative estimate of drug-likeness (QED) is 0.253. The number of fused-ring (bicyclic) bond motifs is 7. The summed E-state index contributed by atoms with van der Waals surface area (Å²) in [6.45, 7) is 0. The Balaban J connectivity index is 1.98. The third-order valence-electron chi connectivity index (χ3n) is 6.21. The molecule has 0 atom stereocenters. The number of aromatic nitrogens is 2. The molecule has 0 spiro atoms. The molecule has 0 saturated carbocycles. The Morgan fingerprint density at radius 3 is 1.90 bits per heavy atom. The molecule has 0 N–H and O–H groups in total. The number of rotatable bonds is 1. The molecule has 0 aliphatic heterocycles. The Labute approximate surface area is 177 Å². The summed E-state index contributed by atoms with van der Waals surface area (Å²) >= 11 is 3.79. The lowest BCUT2D eigenvalue weighted by molar-refractivity contribution is 1.01. The van der Waals surface area contributed by atoms with Crippen molar-refractivity contribution in [2.75, 3.05) is 0 Å². The topological polar surface area (TPSA) is 9.86 Å². The van der Waals surface area contributed by atoms with Gasteiger partial charge in [0.15, 0.2) is 0 Å². The molecule has 2 nitrogen and oxygen atoms in total. The van der Waals surface area contributed by atoms with Crippen LogP contribution in [0.5, 0.6) is 0 Å². The van der Waals surface area contributed by atoms with Crippen LogP contribution in [0.1, 0.15) is 0 Å². The first-order valence-electron chi connectivity index (χ1n) is 9.79. The van der Waals surface area contributed by atoms with Crippen LogP contribution in [0.3, 0.4) is 0 Å². The number of aryl methyl sites for hydroxylation is 2. The van der Waals surface area contributed by atoms with Gasteiger partial charge in [-0.2, -0.15) is 0 Å². The first kappa shape index (κ1) is 16.9. The molecule has 0 aliphatic carbocycles. The highest BCUT2D eigenvalue weighted by Gasteiger charge is 2.21. The highest BCUT2D eigenvalue weighted by atomic mass is 79.9. The first-order valence-corrected chi connectivity index (χ1v) is 10.6. The van der Waals surface area contributed by atoms with Crippen LogP contribution < -0.4 is 0 Å². The normalized spacial score (nSPS) is 12.0. The van der Waals surface area contributed by atoms with Crippen LogP contribution in [0.2, 0.25) is 0 Å². The van der Waals surface area contributed by atoms with E-state index in [0.29, 0.717) is 0 Å². The second kappa shape index (κ2) is 5.98. The summed E-state index contributed by atoms with van der Waals surface area (Å²) in [6, 6.07) is 28.3. The molecule has 6 aromatic rings. The fraction of sp³-hybridized carbons (Fsp3) is 0.0769. The van der Waals surface area contributed by atoms with Gasteiger partial charge >= 0.3 is 0 Å². The van der Waals surface area contributed by atoms with Gasteiger partial charge in [-0.3, -0.25) is 0 Å². The van der Waals surface area contributed by atoms with Crippen molar-refractivity contribution in [2.45, 2.75) is 0 Å². The highest BCUT2D eigenvalue weighted by Crippen LogP contribution is 2.45. The predicted octanol–water partition coefficient (Wildman–Crippen LogP) is 7.41. The maximum absolute atomic E-state index is 3.79. The highest BCUT2D eigenvalue weighted by molar-refractivity contribution is 9.10. The molecule has 2 aromatic heterocycles. The molecule has 0 aliphatic rings. The molecule has 0 fully saturated rings. The molecule has 6 rings (SSSR count). The zero-order chi connectivity index (χ0) is 19.7. The Morgan fingerprint density at radius 2 is 1.17 bits per heavy atom. The minimum Gasteiger partial charge on any atom is -0.344 e. The van der Waals surface area contributed by atoms with Crippen molar-refractivity contribution in [3.05, 3.63) is 83.3 Å². The molecule has 0 amide bonds. The number of benzene rings is 4. The molecule has 0 saturated heterocycles. The van der Waals surface area contributed by atoms with Crippen molar-refractivity contribution in [1.82, 2.24) is 9.13 Å². The van der Waals surface area contributed by atoms with E-state index >= 15 is 0 Å². The number of nitrogens with zero attached hydrogens (tertiary/aromatic N) is 2. The van der Waals surface area contributed by atoms with Crippen LogP contribution in [0.15, 0.2) is 83.3 Å². The van der Waals surface area contributed by atoms with Crippen LogP contribution in [-0.4, -0.2) is 9.13 Å². The van der Waals surface area contributed by atoms with Crippen molar-refractivity contribution >= 4 is 59.5 Å². The lowest BCUT2D eigenvalue weighted by Gasteiger charge is -2.10. The smallest absolute Gasteiger partial charge is 0.0596 e. The van der Waals surface area contributed by atoms with Gasteiger partial charge in [0.25, 0.3) is 0 Å². The van der Waals surface area contributed by atoms with E-state index < -0.39 is 0 Å². The van der Waals surface area contributed by atoms with E-state index in [1.54, 1.807) is 0 Å². The van der Waals surface area contributed by atoms with Crippen LogP contribution in [0.4, 0.5) is 0 Å². The van der Waals surface area contributed by atoms with Gasteiger partial charge in [0.1, 0.15) is 0 Å². The zero-order valence-corrected chi connectivity index (χ0v) is 17.9. The van der Waals surface area contributed by atoms with Crippen LogP contribution >= 0.6 is 15.9 Å². The number of para-hydroxylation sites is 2. The lowest BCUT2D eigenvalue weighted by Crippen LogP contribution is -1.91. The van der Waals surface area contributed by atoms with Crippen LogP contribution in [0.25, 0.3) is 54.7 Å². The standard InChI is InChI=1S/C26H19BrN2/c1-28-21-13-7-5-11-18(21)25-23(28)15-19(16-9-3-6-12-20(16)27)24-17-10-4-8-14-22(17)29(2)26(24)25/h3-15H,1-2H3. The number of halogens is 1.